The number of aliphatic hydroxyl groups is 1. The van der Waals surface area contributed by atoms with E-state index in [0.29, 0.717) is 5.75 Å². The van der Waals surface area contributed by atoms with Crippen LogP contribution in [0, 0.1) is 0 Å². The van der Waals surface area contributed by atoms with Gasteiger partial charge in [0.1, 0.15) is 18.5 Å². The molecule has 0 aromatic heterocycles. The topological polar surface area (TPSA) is 84.6 Å². The van der Waals surface area contributed by atoms with Crippen LogP contribution < -0.4 is 15.8 Å². The van der Waals surface area contributed by atoms with Crippen LogP contribution in [0.3, 0.4) is 0 Å². The number of carbonyl (C=O) groups is 1. The van der Waals surface area contributed by atoms with Gasteiger partial charge >= 0.3 is 0 Å². The number of hydrogen-bond acceptors (Lipinski definition) is 4. The number of rotatable bonds is 7. The zero-order valence-electron chi connectivity index (χ0n) is 10.7. The van der Waals surface area contributed by atoms with Gasteiger partial charge in [-0.25, -0.2) is 0 Å². The summed E-state index contributed by atoms with van der Waals surface area (Å²) in [6, 6.07) is 9.23. The Morgan fingerprint density at radius 1 is 1.44 bits per heavy atom. The summed E-state index contributed by atoms with van der Waals surface area (Å²) in [5.74, 6) is 0.240. The average Bonchev–Trinajstić information content (AvgIpc) is 2.35. The lowest BCUT2D eigenvalue weighted by Crippen LogP contribution is -2.53. The summed E-state index contributed by atoms with van der Waals surface area (Å²) in [7, 11) is 0. The number of nitrogens with one attached hydrogen (secondary N) is 1. The summed E-state index contributed by atoms with van der Waals surface area (Å²) in [5, 5.41) is 12.6. The van der Waals surface area contributed by atoms with Gasteiger partial charge in [0.2, 0.25) is 5.91 Å². The zero-order valence-corrected chi connectivity index (χ0v) is 10.7. The molecule has 1 rings (SSSR count). The van der Waals surface area contributed by atoms with E-state index in [-0.39, 0.29) is 13.2 Å². The van der Waals surface area contributed by atoms with E-state index in [1.54, 1.807) is 13.8 Å². The van der Waals surface area contributed by atoms with Crippen molar-refractivity contribution in [3.8, 4) is 5.75 Å². The molecule has 0 aliphatic carbocycles. The van der Waals surface area contributed by atoms with Gasteiger partial charge in [-0.2, -0.15) is 0 Å². The maximum Gasteiger partial charge on any atom is 0.237 e. The van der Waals surface area contributed by atoms with E-state index in [1.165, 1.54) is 0 Å². The molecular weight excluding hydrogens is 232 g/mol. The lowest BCUT2D eigenvalue weighted by molar-refractivity contribution is -0.123. The molecule has 1 unspecified atom stereocenters. The van der Waals surface area contributed by atoms with Gasteiger partial charge in [-0.05, 0) is 26.0 Å². The summed E-state index contributed by atoms with van der Waals surface area (Å²) in [6.07, 6.45) is -0.705. The van der Waals surface area contributed by atoms with Gasteiger partial charge in [-0.3, -0.25) is 4.79 Å². The van der Waals surface area contributed by atoms with Crippen molar-refractivity contribution in [3.63, 3.8) is 0 Å². The Hall–Kier alpha value is -1.59. The molecular formula is C13H20N2O3. The summed E-state index contributed by atoms with van der Waals surface area (Å²) in [6.45, 7) is 3.73. The van der Waals surface area contributed by atoms with Gasteiger partial charge in [-0.15, -0.1) is 0 Å². The number of carbonyl (C=O) groups excluding carboxylic acids is 1. The molecule has 0 aliphatic heterocycles. The van der Waals surface area contributed by atoms with E-state index in [1.807, 2.05) is 30.3 Å². The minimum Gasteiger partial charge on any atom is -0.491 e. The van der Waals surface area contributed by atoms with E-state index < -0.39 is 17.6 Å². The van der Waals surface area contributed by atoms with Crippen molar-refractivity contribution in [2.75, 3.05) is 13.2 Å². The molecule has 0 saturated carbocycles. The van der Waals surface area contributed by atoms with E-state index in [2.05, 4.69) is 5.32 Å². The number of nitrogens with two attached hydrogens (primary N) is 1. The number of aliphatic hydroxyl groups excluding tert-OH is 1. The lowest BCUT2D eigenvalue weighted by Gasteiger charge is -2.24. The van der Waals surface area contributed by atoms with E-state index in [0.717, 1.165) is 0 Å². The van der Waals surface area contributed by atoms with Crippen LogP contribution in [0.5, 0.6) is 5.75 Å². The van der Waals surface area contributed by atoms with Crippen LogP contribution in [-0.4, -0.2) is 35.8 Å². The van der Waals surface area contributed by atoms with Gasteiger partial charge in [0.15, 0.2) is 0 Å². The standard InChI is InChI=1S/C13H20N2O3/c1-13(2,12(14)17)15-8-10(16)9-18-11-6-4-3-5-7-11/h3-7,10,15-16H,8-9H2,1-2H3,(H2,14,17). The highest BCUT2D eigenvalue weighted by atomic mass is 16.5. The SMILES string of the molecule is CC(C)(NCC(O)COc1ccccc1)C(N)=O. The highest BCUT2D eigenvalue weighted by Crippen LogP contribution is 2.08. The molecule has 0 radical (unpaired) electrons. The first-order valence-electron chi connectivity index (χ1n) is 5.82. The predicted octanol–water partition coefficient (Wildman–Crippen LogP) is 0.280. The quantitative estimate of drug-likeness (QED) is 0.650. The molecule has 0 aliphatic rings. The van der Waals surface area contributed by atoms with E-state index >= 15 is 0 Å². The van der Waals surface area contributed by atoms with Crippen molar-refractivity contribution in [3.05, 3.63) is 30.3 Å². The van der Waals surface area contributed by atoms with Crippen molar-refractivity contribution < 1.29 is 14.6 Å². The third-order valence-electron chi connectivity index (χ3n) is 2.58. The number of hydrogen-bond donors (Lipinski definition) is 3. The fourth-order valence-corrected chi connectivity index (χ4v) is 1.23. The summed E-state index contributed by atoms with van der Waals surface area (Å²) in [5.41, 5.74) is 4.37. The molecule has 5 nitrogen and oxygen atoms in total. The second-order valence-electron chi connectivity index (χ2n) is 4.65. The maximum absolute atomic E-state index is 11.1. The summed E-state index contributed by atoms with van der Waals surface area (Å²) < 4.78 is 5.39. The molecule has 100 valence electrons. The molecule has 1 aromatic rings. The molecule has 5 heteroatoms. The number of para-hydroxylation sites is 1. The maximum atomic E-state index is 11.1. The molecule has 0 heterocycles. The molecule has 1 atom stereocenters. The Kier molecular flexibility index (Phi) is 5.12. The first-order valence-corrected chi connectivity index (χ1v) is 5.82. The Balaban J connectivity index is 2.30. The molecule has 0 bridgehead atoms. The zero-order chi connectivity index (χ0) is 13.6. The Bertz CT molecular complexity index is 379. The van der Waals surface area contributed by atoms with Crippen LogP contribution in [0.25, 0.3) is 0 Å². The highest BCUT2D eigenvalue weighted by Gasteiger charge is 2.24. The monoisotopic (exact) mass is 252 g/mol. The van der Waals surface area contributed by atoms with E-state index in [4.69, 9.17) is 10.5 Å². The van der Waals surface area contributed by atoms with E-state index in [9.17, 15) is 9.90 Å². The largest absolute Gasteiger partial charge is 0.491 e. The van der Waals surface area contributed by atoms with Crippen LogP contribution in [0.15, 0.2) is 30.3 Å². The average molecular weight is 252 g/mol. The fraction of sp³-hybridized carbons (Fsp3) is 0.462. The fourth-order valence-electron chi connectivity index (χ4n) is 1.23. The normalized spacial score (nSPS) is 13.1. The van der Waals surface area contributed by atoms with Crippen molar-refractivity contribution in [1.29, 1.82) is 0 Å². The van der Waals surface area contributed by atoms with Crippen LogP contribution in [0.2, 0.25) is 0 Å². The number of amides is 1. The van der Waals surface area contributed by atoms with Gasteiger partial charge in [0.05, 0.1) is 5.54 Å². The third kappa shape index (κ3) is 4.73. The van der Waals surface area contributed by atoms with Gasteiger partial charge in [-0.1, -0.05) is 18.2 Å². The second kappa shape index (κ2) is 6.37. The minimum absolute atomic E-state index is 0.159. The molecule has 0 fully saturated rings. The number of β-amino-alcohol motifs (C(OH)–C–C–N with tert-alkyl or cyclic N) is 1. The molecule has 1 amide bonds. The van der Waals surface area contributed by atoms with Crippen LogP contribution >= 0.6 is 0 Å². The minimum atomic E-state index is -0.840. The molecule has 18 heavy (non-hydrogen) atoms. The predicted molar refractivity (Wildman–Crippen MR) is 69.2 cm³/mol. The van der Waals surface area contributed by atoms with Crippen molar-refractivity contribution in [2.24, 2.45) is 5.73 Å². The first kappa shape index (κ1) is 14.5. The van der Waals surface area contributed by atoms with Gasteiger partial charge < -0.3 is 20.9 Å². The molecule has 0 saturated heterocycles. The molecule has 4 N–H and O–H groups in total. The number of ether oxygens (including phenoxy) is 1. The molecule has 1 aromatic carbocycles. The Morgan fingerprint density at radius 2 is 2.06 bits per heavy atom. The third-order valence-corrected chi connectivity index (χ3v) is 2.58. The number of benzene rings is 1. The van der Waals surface area contributed by atoms with Crippen molar-refractivity contribution >= 4 is 5.91 Å². The summed E-state index contributed by atoms with van der Waals surface area (Å²) >= 11 is 0. The van der Waals surface area contributed by atoms with Crippen LogP contribution in [0.4, 0.5) is 0 Å². The Morgan fingerprint density at radius 3 is 2.61 bits per heavy atom. The molecule has 0 spiro atoms. The second-order valence-corrected chi connectivity index (χ2v) is 4.65. The van der Waals surface area contributed by atoms with Crippen LogP contribution in [-0.2, 0) is 4.79 Å². The number of primary amides is 1. The highest BCUT2D eigenvalue weighted by molar-refractivity contribution is 5.83. The van der Waals surface area contributed by atoms with Crippen LogP contribution in [0.1, 0.15) is 13.8 Å². The summed E-state index contributed by atoms with van der Waals surface area (Å²) in [4.78, 5) is 11.1. The van der Waals surface area contributed by atoms with Crippen molar-refractivity contribution in [2.45, 2.75) is 25.5 Å². The van der Waals surface area contributed by atoms with Crippen molar-refractivity contribution in [1.82, 2.24) is 5.32 Å². The smallest absolute Gasteiger partial charge is 0.237 e. The Labute approximate surface area is 107 Å². The lowest BCUT2D eigenvalue weighted by atomic mass is 10.1. The van der Waals surface area contributed by atoms with Gasteiger partial charge in [0.25, 0.3) is 0 Å². The first-order chi connectivity index (χ1) is 8.42. The van der Waals surface area contributed by atoms with Gasteiger partial charge in [0, 0.05) is 6.54 Å².